The highest BCUT2D eigenvalue weighted by Crippen LogP contribution is 2.15. The SMILES string of the molecule is CCC(C(N)=S)N1CCN(c2cnnn2C)CC1. The second-order valence-electron chi connectivity index (χ2n) is 4.57. The van der Waals surface area contributed by atoms with E-state index in [9.17, 15) is 0 Å². The molecule has 0 radical (unpaired) electrons. The molecule has 0 amide bonds. The number of aromatic nitrogens is 3. The van der Waals surface area contributed by atoms with Gasteiger partial charge in [0.25, 0.3) is 0 Å². The quantitative estimate of drug-likeness (QED) is 0.776. The van der Waals surface area contributed by atoms with E-state index in [4.69, 9.17) is 18.0 Å². The van der Waals surface area contributed by atoms with Crippen molar-refractivity contribution in [3.05, 3.63) is 6.20 Å². The van der Waals surface area contributed by atoms with Gasteiger partial charge in [-0.2, -0.15) is 0 Å². The van der Waals surface area contributed by atoms with E-state index < -0.39 is 0 Å². The molecule has 2 rings (SSSR count). The summed E-state index contributed by atoms with van der Waals surface area (Å²) >= 11 is 5.13. The Labute approximate surface area is 113 Å². The maximum atomic E-state index is 5.78. The predicted molar refractivity (Wildman–Crippen MR) is 75.7 cm³/mol. The first-order chi connectivity index (χ1) is 8.63. The van der Waals surface area contributed by atoms with Gasteiger partial charge in [-0.1, -0.05) is 24.4 Å². The zero-order chi connectivity index (χ0) is 13.1. The van der Waals surface area contributed by atoms with Crippen LogP contribution in [0, 0.1) is 0 Å². The van der Waals surface area contributed by atoms with Crippen LogP contribution in [0.25, 0.3) is 0 Å². The zero-order valence-electron chi connectivity index (χ0n) is 10.9. The van der Waals surface area contributed by atoms with E-state index in [2.05, 4.69) is 27.0 Å². The van der Waals surface area contributed by atoms with E-state index in [-0.39, 0.29) is 6.04 Å². The third-order valence-corrected chi connectivity index (χ3v) is 3.76. The Hall–Kier alpha value is -1.21. The highest BCUT2D eigenvalue weighted by atomic mass is 32.1. The number of hydrogen-bond acceptors (Lipinski definition) is 5. The molecule has 1 atom stereocenters. The second-order valence-corrected chi connectivity index (χ2v) is 5.04. The molecule has 1 aromatic rings. The highest BCUT2D eigenvalue weighted by Gasteiger charge is 2.25. The van der Waals surface area contributed by atoms with Crippen molar-refractivity contribution in [3.63, 3.8) is 0 Å². The minimum atomic E-state index is 0.229. The predicted octanol–water partition coefficient (Wildman–Crippen LogP) is 0.00180. The lowest BCUT2D eigenvalue weighted by Crippen LogP contribution is -2.53. The minimum absolute atomic E-state index is 0.229. The van der Waals surface area contributed by atoms with Crippen LogP contribution < -0.4 is 10.6 Å². The highest BCUT2D eigenvalue weighted by molar-refractivity contribution is 7.80. The van der Waals surface area contributed by atoms with Crippen LogP contribution in [0.3, 0.4) is 0 Å². The first-order valence-corrected chi connectivity index (χ1v) is 6.67. The number of aryl methyl sites for hydroxylation is 1. The van der Waals surface area contributed by atoms with Crippen LogP contribution in [-0.4, -0.2) is 57.1 Å². The third kappa shape index (κ3) is 2.62. The molecule has 18 heavy (non-hydrogen) atoms. The molecule has 1 aliphatic rings. The lowest BCUT2D eigenvalue weighted by Gasteiger charge is -2.39. The largest absolute Gasteiger partial charge is 0.392 e. The van der Waals surface area contributed by atoms with Crippen LogP contribution >= 0.6 is 12.2 Å². The first kappa shape index (κ1) is 13.2. The molecule has 1 aromatic heterocycles. The molecular formula is C11H20N6S. The van der Waals surface area contributed by atoms with Gasteiger partial charge in [-0.25, -0.2) is 4.68 Å². The van der Waals surface area contributed by atoms with Gasteiger partial charge in [0.05, 0.1) is 17.2 Å². The monoisotopic (exact) mass is 268 g/mol. The molecule has 0 bridgehead atoms. The summed E-state index contributed by atoms with van der Waals surface area (Å²) in [4.78, 5) is 5.26. The van der Waals surface area contributed by atoms with Crippen molar-refractivity contribution in [1.82, 2.24) is 19.9 Å². The average Bonchev–Trinajstić information content (AvgIpc) is 2.77. The second kappa shape index (κ2) is 5.62. The minimum Gasteiger partial charge on any atom is -0.392 e. The zero-order valence-corrected chi connectivity index (χ0v) is 11.7. The molecule has 0 saturated carbocycles. The van der Waals surface area contributed by atoms with Gasteiger partial charge >= 0.3 is 0 Å². The van der Waals surface area contributed by atoms with E-state index in [1.54, 1.807) is 10.9 Å². The molecule has 0 spiro atoms. The summed E-state index contributed by atoms with van der Waals surface area (Å²) in [6, 6.07) is 0.229. The summed E-state index contributed by atoms with van der Waals surface area (Å²) < 4.78 is 1.81. The molecule has 1 aliphatic heterocycles. The molecule has 2 heterocycles. The molecule has 1 fully saturated rings. The van der Waals surface area contributed by atoms with Crippen molar-refractivity contribution >= 4 is 23.0 Å². The van der Waals surface area contributed by atoms with Gasteiger partial charge in [0, 0.05) is 33.2 Å². The van der Waals surface area contributed by atoms with Crippen molar-refractivity contribution in [2.75, 3.05) is 31.1 Å². The summed E-state index contributed by atoms with van der Waals surface area (Å²) in [6.07, 6.45) is 2.78. The molecular weight excluding hydrogens is 248 g/mol. The van der Waals surface area contributed by atoms with E-state index in [0.29, 0.717) is 4.99 Å². The van der Waals surface area contributed by atoms with Crippen LogP contribution in [0.4, 0.5) is 5.82 Å². The molecule has 7 heteroatoms. The molecule has 2 N–H and O–H groups in total. The molecule has 1 saturated heterocycles. The van der Waals surface area contributed by atoms with Crippen LogP contribution in [-0.2, 0) is 7.05 Å². The molecule has 100 valence electrons. The van der Waals surface area contributed by atoms with Crippen molar-refractivity contribution in [3.8, 4) is 0 Å². The van der Waals surface area contributed by atoms with Gasteiger partial charge in [0.2, 0.25) is 0 Å². The normalized spacial score (nSPS) is 18.9. The van der Waals surface area contributed by atoms with Gasteiger partial charge in [-0.05, 0) is 6.42 Å². The Kier molecular flexibility index (Phi) is 4.13. The lowest BCUT2D eigenvalue weighted by molar-refractivity contribution is 0.223. The number of anilines is 1. The summed E-state index contributed by atoms with van der Waals surface area (Å²) in [5.74, 6) is 1.07. The lowest BCUT2D eigenvalue weighted by atomic mass is 10.1. The molecule has 0 aromatic carbocycles. The van der Waals surface area contributed by atoms with Gasteiger partial charge < -0.3 is 10.6 Å². The van der Waals surface area contributed by atoms with E-state index in [0.717, 1.165) is 38.4 Å². The molecule has 1 unspecified atom stereocenters. The van der Waals surface area contributed by atoms with Gasteiger partial charge in [0.1, 0.15) is 5.82 Å². The standard InChI is InChI=1S/C11H20N6S/c1-3-9(11(12)18)16-4-6-17(7-5-16)10-8-13-14-15(10)2/h8-9H,3-7H2,1-2H3,(H2,12,18). The van der Waals surface area contributed by atoms with Gasteiger partial charge in [0.15, 0.2) is 0 Å². The third-order valence-electron chi connectivity index (χ3n) is 3.48. The Balaban J connectivity index is 1.96. The van der Waals surface area contributed by atoms with E-state index >= 15 is 0 Å². The maximum Gasteiger partial charge on any atom is 0.147 e. The number of hydrogen-bond donors (Lipinski definition) is 1. The molecule has 6 nitrogen and oxygen atoms in total. The topological polar surface area (TPSA) is 63.2 Å². The van der Waals surface area contributed by atoms with Crippen LogP contribution in [0.2, 0.25) is 0 Å². The number of thiocarbonyl (C=S) groups is 1. The van der Waals surface area contributed by atoms with Crippen molar-refractivity contribution in [2.45, 2.75) is 19.4 Å². The summed E-state index contributed by atoms with van der Waals surface area (Å²) in [5.41, 5.74) is 5.78. The Morgan fingerprint density at radius 3 is 2.56 bits per heavy atom. The van der Waals surface area contributed by atoms with E-state index in [1.165, 1.54) is 0 Å². The number of rotatable bonds is 4. The number of piperazine rings is 1. The summed E-state index contributed by atoms with van der Waals surface area (Å²) in [6.45, 7) is 5.99. The van der Waals surface area contributed by atoms with Crippen molar-refractivity contribution < 1.29 is 0 Å². The van der Waals surface area contributed by atoms with Crippen LogP contribution in [0.5, 0.6) is 0 Å². The van der Waals surface area contributed by atoms with E-state index in [1.807, 2.05) is 7.05 Å². The Morgan fingerprint density at radius 2 is 2.11 bits per heavy atom. The fraction of sp³-hybridized carbons (Fsp3) is 0.727. The van der Waals surface area contributed by atoms with Gasteiger partial charge in [-0.3, -0.25) is 4.90 Å². The fourth-order valence-electron chi connectivity index (χ4n) is 2.47. The summed E-state index contributed by atoms with van der Waals surface area (Å²) in [5, 5.41) is 7.87. The first-order valence-electron chi connectivity index (χ1n) is 6.26. The summed E-state index contributed by atoms with van der Waals surface area (Å²) in [7, 11) is 1.92. The molecule has 0 aliphatic carbocycles. The number of nitrogens with two attached hydrogens (primary N) is 1. The van der Waals surface area contributed by atoms with Crippen LogP contribution in [0.1, 0.15) is 13.3 Å². The van der Waals surface area contributed by atoms with Crippen LogP contribution in [0.15, 0.2) is 6.20 Å². The average molecular weight is 268 g/mol. The smallest absolute Gasteiger partial charge is 0.147 e. The fourth-order valence-corrected chi connectivity index (χ4v) is 2.79. The van der Waals surface area contributed by atoms with Crippen molar-refractivity contribution in [2.24, 2.45) is 12.8 Å². The van der Waals surface area contributed by atoms with Crippen molar-refractivity contribution in [1.29, 1.82) is 0 Å². The van der Waals surface area contributed by atoms with Gasteiger partial charge in [-0.15, -0.1) is 5.10 Å². The number of nitrogens with zero attached hydrogens (tertiary/aromatic N) is 5. The Bertz CT molecular complexity index is 409. The Morgan fingerprint density at radius 1 is 1.44 bits per heavy atom. The maximum absolute atomic E-state index is 5.78.